The molecule has 276 valence electrons. The molecule has 0 aromatic heterocycles. The van der Waals surface area contributed by atoms with Crippen molar-refractivity contribution in [2.75, 3.05) is 0 Å². The van der Waals surface area contributed by atoms with Gasteiger partial charge in [0.05, 0.1) is 0 Å². The van der Waals surface area contributed by atoms with Crippen molar-refractivity contribution in [2.24, 2.45) is 0 Å². The summed E-state index contributed by atoms with van der Waals surface area (Å²) in [6.07, 6.45) is -11.8. The Balaban J connectivity index is 2.35. The molecule has 4 atom stereocenters. The van der Waals surface area contributed by atoms with Gasteiger partial charge < -0.3 is 28.4 Å². The highest BCUT2D eigenvalue weighted by molar-refractivity contribution is 5.85. The number of alkyl halides is 14. The van der Waals surface area contributed by atoms with Crippen molar-refractivity contribution in [2.45, 2.75) is 111 Å². The van der Waals surface area contributed by atoms with Crippen molar-refractivity contribution in [3.63, 3.8) is 0 Å². The van der Waals surface area contributed by atoms with Gasteiger partial charge in [-0.15, -0.1) is 0 Å². The summed E-state index contributed by atoms with van der Waals surface area (Å²) in [7, 11) is 0. The summed E-state index contributed by atoms with van der Waals surface area (Å²) in [5.41, 5.74) is -30.0. The first kappa shape index (κ1) is 39.6. The number of halogens is 16. The zero-order valence-corrected chi connectivity index (χ0v) is 24.0. The van der Waals surface area contributed by atoms with E-state index in [1.807, 2.05) is 0 Å². The SMILES string of the molecule is C=C(F)C(=O)OC(C)OC(C)OC12C(F)(F)C3(F)C(F)(F)C(F)(C1(F)F)C(F)(F)C(OC(C)OC(C)OC(=O)C(=C)F)(C3(F)F)C2(F)F. The third kappa shape index (κ3) is 3.96. The molecule has 0 heterocycles. The molecule has 48 heavy (non-hydrogen) atoms. The lowest BCUT2D eigenvalue weighted by Crippen LogP contribution is -3.11. The van der Waals surface area contributed by atoms with Gasteiger partial charge in [-0.05, 0) is 27.7 Å². The highest BCUT2D eigenvalue weighted by Crippen LogP contribution is 2.88. The van der Waals surface area contributed by atoms with Gasteiger partial charge in [0.25, 0.3) is 11.2 Å². The van der Waals surface area contributed by atoms with Crippen LogP contribution in [0.4, 0.5) is 70.2 Å². The molecule has 0 saturated heterocycles. The maximum atomic E-state index is 16.3. The summed E-state index contributed by atoms with van der Waals surface area (Å²) in [4.78, 5) is 22.5. The number of esters is 2. The molecule has 0 amide bonds. The maximum Gasteiger partial charge on any atom is 0.368 e. The number of ether oxygens (including phenoxy) is 6. The van der Waals surface area contributed by atoms with E-state index in [-0.39, 0.29) is 13.8 Å². The van der Waals surface area contributed by atoms with Crippen molar-refractivity contribution in [1.82, 2.24) is 0 Å². The minimum absolute atomic E-state index is 0.0479. The fraction of sp³-hybridized carbons (Fsp3) is 0.750. The van der Waals surface area contributed by atoms with Gasteiger partial charge in [-0.3, -0.25) is 0 Å². The Morgan fingerprint density at radius 2 is 0.708 bits per heavy atom. The topological polar surface area (TPSA) is 89.5 Å². The number of carbonyl (C=O) groups excluding carboxylic acids is 2. The lowest BCUT2D eigenvalue weighted by atomic mass is 9.39. The molecule has 4 aliphatic carbocycles. The molecule has 8 nitrogen and oxygen atoms in total. The lowest BCUT2D eigenvalue weighted by Gasteiger charge is -2.76. The number of carbonyl (C=O) groups is 2. The molecule has 4 aliphatic rings. The summed E-state index contributed by atoms with van der Waals surface area (Å²) in [5.74, 6) is -54.8. The normalized spacial score (nSPS) is 36.8. The zero-order valence-electron chi connectivity index (χ0n) is 24.0. The van der Waals surface area contributed by atoms with Gasteiger partial charge in [-0.1, -0.05) is 13.2 Å². The summed E-state index contributed by atoms with van der Waals surface area (Å²) < 4.78 is 270. The van der Waals surface area contributed by atoms with Crippen LogP contribution >= 0.6 is 0 Å². The quantitative estimate of drug-likeness (QED) is 0.101. The van der Waals surface area contributed by atoms with E-state index >= 15 is 61.5 Å². The minimum Gasteiger partial charge on any atom is -0.431 e. The molecule has 24 heteroatoms. The molecule has 4 bridgehead atoms. The summed E-state index contributed by atoms with van der Waals surface area (Å²) >= 11 is 0. The molecule has 4 fully saturated rings. The molecule has 4 saturated carbocycles. The van der Waals surface area contributed by atoms with Crippen LogP contribution in [0.1, 0.15) is 27.7 Å². The highest BCUT2D eigenvalue weighted by atomic mass is 19.3. The maximum absolute atomic E-state index is 16.3. The molecule has 4 unspecified atom stereocenters. The Morgan fingerprint density at radius 3 is 0.938 bits per heavy atom. The first-order valence-electron chi connectivity index (χ1n) is 12.7. The van der Waals surface area contributed by atoms with Crippen molar-refractivity contribution < 1.29 is 108 Å². The van der Waals surface area contributed by atoms with Crippen LogP contribution in [0.5, 0.6) is 0 Å². The van der Waals surface area contributed by atoms with Crippen LogP contribution in [0.25, 0.3) is 0 Å². The molecular weight excluding hydrogens is 720 g/mol. The molecule has 0 aromatic carbocycles. The number of rotatable bonds is 12. The Kier molecular flexibility index (Phi) is 8.92. The second kappa shape index (κ2) is 10.8. The molecule has 0 radical (unpaired) electrons. The van der Waals surface area contributed by atoms with Crippen LogP contribution in [0, 0.1) is 0 Å². The van der Waals surface area contributed by atoms with E-state index in [4.69, 9.17) is 0 Å². The van der Waals surface area contributed by atoms with E-state index in [0.29, 0.717) is 13.8 Å². The van der Waals surface area contributed by atoms with Crippen LogP contribution in [0.3, 0.4) is 0 Å². The lowest BCUT2D eigenvalue weighted by molar-refractivity contribution is -0.639. The second-order valence-electron chi connectivity index (χ2n) is 10.5. The van der Waals surface area contributed by atoms with Gasteiger partial charge >= 0.3 is 58.8 Å². The first-order valence-corrected chi connectivity index (χ1v) is 12.7. The third-order valence-electron chi connectivity index (χ3n) is 7.69. The van der Waals surface area contributed by atoms with E-state index in [1.54, 1.807) is 0 Å². The Morgan fingerprint density at radius 1 is 0.458 bits per heavy atom. The van der Waals surface area contributed by atoms with E-state index in [0.717, 1.165) is 0 Å². The van der Waals surface area contributed by atoms with Crippen molar-refractivity contribution in [3.8, 4) is 0 Å². The smallest absolute Gasteiger partial charge is 0.368 e. The number of hydrogen-bond acceptors (Lipinski definition) is 8. The van der Waals surface area contributed by atoms with E-state index in [9.17, 15) is 18.4 Å². The molecule has 0 aliphatic heterocycles. The summed E-state index contributed by atoms with van der Waals surface area (Å²) in [6.45, 7) is 5.64. The van der Waals surface area contributed by atoms with Crippen LogP contribution in [-0.2, 0) is 38.0 Å². The Bertz CT molecular complexity index is 1250. The first-order chi connectivity index (χ1) is 21.2. The van der Waals surface area contributed by atoms with Crippen LogP contribution < -0.4 is 0 Å². The van der Waals surface area contributed by atoms with E-state index < -0.39 is 107 Å². The molecule has 0 aromatic rings. The minimum atomic E-state index is -7.99. The Labute approximate surface area is 256 Å². The van der Waals surface area contributed by atoms with Crippen molar-refractivity contribution in [1.29, 1.82) is 0 Å². The second-order valence-corrected chi connectivity index (χ2v) is 10.5. The third-order valence-corrected chi connectivity index (χ3v) is 7.69. The monoisotopic (exact) mass is 740 g/mol. The van der Waals surface area contributed by atoms with Gasteiger partial charge in [-0.25, -0.2) is 18.4 Å². The largest absolute Gasteiger partial charge is 0.431 e. The summed E-state index contributed by atoms with van der Waals surface area (Å²) in [5, 5.41) is 0. The predicted octanol–water partition coefficient (Wildman–Crippen LogP) is 6.24. The molecule has 0 spiro atoms. The van der Waals surface area contributed by atoms with Crippen LogP contribution in [0.2, 0.25) is 0 Å². The fourth-order valence-corrected chi connectivity index (χ4v) is 5.84. The van der Waals surface area contributed by atoms with Gasteiger partial charge in [0.15, 0.2) is 12.6 Å². The standard InChI is InChI=1S/C24H20F16O8/c1-7(25)13(41)45-9(3)43-11(5)47-17-20(31,32)15(27)19(29,30)16(28,21(17,33)34)23(37,38)18(22(15,35)36,24(17,39)40)48-12(6)44-10(4)46-14(42)8(2)26/h9-12H,1-2H2,3-6H3. The van der Waals surface area contributed by atoms with E-state index in [2.05, 4.69) is 41.6 Å². The van der Waals surface area contributed by atoms with Gasteiger partial charge in [0.1, 0.15) is 0 Å². The average molecular weight is 740 g/mol. The van der Waals surface area contributed by atoms with Gasteiger partial charge in [0.2, 0.25) is 24.2 Å². The predicted molar refractivity (Wildman–Crippen MR) is 118 cm³/mol. The van der Waals surface area contributed by atoms with Gasteiger partial charge in [0, 0.05) is 0 Å². The van der Waals surface area contributed by atoms with Crippen LogP contribution in [-0.4, -0.2) is 95.2 Å². The van der Waals surface area contributed by atoms with Gasteiger partial charge in [-0.2, -0.15) is 61.5 Å². The molecule has 0 N–H and O–H groups in total. The fourth-order valence-electron chi connectivity index (χ4n) is 5.84. The van der Waals surface area contributed by atoms with E-state index in [1.165, 1.54) is 0 Å². The Hall–Kier alpha value is -2.86. The highest BCUT2D eigenvalue weighted by Gasteiger charge is 3.23. The van der Waals surface area contributed by atoms with Crippen molar-refractivity contribution >= 4 is 11.9 Å². The summed E-state index contributed by atoms with van der Waals surface area (Å²) in [6, 6.07) is 0. The number of hydrogen-bond donors (Lipinski definition) is 0. The zero-order chi connectivity index (χ0) is 37.9. The average Bonchev–Trinajstić information content (AvgIpc) is 2.89. The molecular formula is C24H20F16O8. The molecule has 4 rings (SSSR count). The van der Waals surface area contributed by atoms with Crippen molar-refractivity contribution in [3.05, 3.63) is 24.8 Å². The van der Waals surface area contributed by atoms with Crippen LogP contribution in [0.15, 0.2) is 24.8 Å².